The number of ether oxygens (including phenoxy) is 1. The van der Waals surface area contributed by atoms with Gasteiger partial charge in [0.15, 0.2) is 8.32 Å². The van der Waals surface area contributed by atoms with Crippen LogP contribution in [-0.4, -0.2) is 40.1 Å². The number of nitrogens with one attached hydrogen (secondary N) is 1. The third-order valence-electron chi connectivity index (χ3n) is 3.84. The quantitative estimate of drug-likeness (QED) is 0.621. The lowest BCUT2D eigenvalue weighted by Crippen LogP contribution is -2.44. The SMILES string of the molecule is COC(=O)[C@@H]1C[C@@H](O[Si](C)(C)C(C)(C)C)CN1. The Bertz CT molecular complexity index is 286. The molecular weight excluding hydrogens is 234 g/mol. The largest absolute Gasteiger partial charge is 0.468 e. The maximum absolute atomic E-state index is 11.4. The normalized spacial score (nSPS) is 26.0. The summed E-state index contributed by atoms with van der Waals surface area (Å²) in [6, 6.07) is -0.199. The van der Waals surface area contributed by atoms with Crippen molar-refractivity contribution in [2.45, 2.75) is 57.5 Å². The summed E-state index contributed by atoms with van der Waals surface area (Å²) in [4.78, 5) is 11.4. The first kappa shape index (κ1) is 14.7. The molecule has 1 saturated heterocycles. The molecule has 100 valence electrons. The lowest BCUT2D eigenvalue weighted by Gasteiger charge is -2.38. The van der Waals surface area contributed by atoms with Crippen LogP contribution in [-0.2, 0) is 14.0 Å². The summed E-state index contributed by atoms with van der Waals surface area (Å²) in [5.74, 6) is -0.189. The molecule has 2 atom stereocenters. The van der Waals surface area contributed by atoms with Gasteiger partial charge in [-0.25, -0.2) is 0 Å². The monoisotopic (exact) mass is 259 g/mol. The zero-order chi connectivity index (χ0) is 13.3. The summed E-state index contributed by atoms with van der Waals surface area (Å²) < 4.78 is 11.0. The number of hydrogen-bond acceptors (Lipinski definition) is 4. The van der Waals surface area contributed by atoms with E-state index in [1.165, 1.54) is 7.11 Å². The fraction of sp³-hybridized carbons (Fsp3) is 0.917. The van der Waals surface area contributed by atoms with Gasteiger partial charge in [-0.15, -0.1) is 0 Å². The Balaban J connectivity index is 2.53. The summed E-state index contributed by atoms with van der Waals surface area (Å²) in [5.41, 5.74) is 0. The lowest BCUT2D eigenvalue weighted by atomic mass is 10.2. The van der Waals surface area contributed by atoms with E-state index in [9.17, 15) is 4.79 Å². The zero-order valence-electron chi connectivity index (χ0n) is 11.8. The fourth-order valence-corrected chi connectivity index (χ4v) is 3.07. The molecule has 5 heteroatoms. The van der Waals surface area contributed by atoms with Crippen molar-refractivity contribution < 1.29 is 14.0 Å². The molecule has 0 spiro atoms. The van der Waals surface area contributed by atoms with Crippen LogP contribution in [0.3, 0.4) is 0 Å². The minimum absolute atomic E-state index is 0.139. The third kappa shape index (κ3) is 3.53. The Kier molecular flexibility index (Phi) is 4.38. The minimum atomic E-state index is -1.74. The molecule has 0 aromatic heterocycles. The Morgan fingerprint density at radius 1 is 1.35 bits per heavy atom. The first-order chi connectivity index (χ1) is 7.67. The summed E-state index contributed by atoms with van der Waals surface area (Å²) in [5, 5.41) is 3.36. The molecule has 0 amide bonds. The van der Waals surface area contributed by atoms with Crippen molar-refractivity contribution in [3.05, 3.63) is 0 Å². The molecule has 0 radical (unpaired) electrons. The Morgan fingerprint density at radius 3 is 2.41 bits per heavy atom. The highest BCUT2D eigenvalue weighted by atomic mass is 28.4. The third-order valence-corrected chi connectivity index (χ3v) is 8.38. The average Bonchev–Trinajstić information content (AvgIpc) is 2.62. The number of methoxy groups -OCH3 is 1. The molecule has 4 nitrogen and oxygen atoms in total. The van der Waals surface area contributed by atoms with Crippen molar-refractivity contribution >= 4 is 14.3 Å². The second-order valence-corrected chi connectivity index (χ2v) is 11.0. The van der Waals surface area contributed by atoms with E-state index in [0.29, 0.717) is 0 Å². The van der Waals surface area contributed by atoms with Gasteiger partial charge in [0.1, 0.15) is 6.04 Å². The standard InChI is InChI=1S/C12H25NO3Si/c1-12(2,3)17(5,6)16-9-7-10(13-8-9)11(14)15-4/h9-10,13H,7-8H2,1-6H3/t9-,10+/m1/s1. The van der Waals surface area contributed by atoms with E-state index in [4.69, 9.17) is 9.16 Å². The van der Waals surface area contributed by atoms with Gasteiger partial charge in [-0.05, 0) is 24.6 Å². The van der Waals surface area contributed by atoms with Gasteiger partial charge in [-0.2, -0.15) is 0 Å². The summed E-state index contributed by atoms with van der Waals surface area (Å²) in [6.07, 6.45) is 0.860. The predicted molar refractivity (Wildman–Crippen MR) is 70.5 cm³/mol. The van der Waals surface area contributed by atoms with Crippen LogP contribution >= 0.6 is 0 Å². The van der Waals surface area contributed by atoms with E-state index in [-0.39, 0.29) is 23.2 Å². The second kappa shape index (κ2) is 5.08. The molecule has 1 rings (SSSR count). The summed E-state index contributed by atoms with van der Waals surface area (Å²) >= 11 is 0. The maximum atomic E-state index is 11.4. The lowest BCUT2D eigenvalue weighted by molar-refractivity contribution is -0.142. The van der Waals surface area contributed by atoms with Crippen molar-refractivity contribution in [2.75, 3.05) is 13.7 Å². The first-order valence-corrected chi connectivity index (χ1v) is 9.07. The molecule has 0 unspecified atom stereocenters. The van der Waals surface area contributed by atoms with E-state index in [1.807, 2.05) is 0 Å². The molecule has 1 fully saturated rings. The van der Waals surface area contributed by atoms with E-state index < -0.39 is 8.32 Å². The van der Waals surface area contributed by atoms with Crippen molar-refractivity contribution in [3.63, 3.8) is 0 Å². The van der Waals surface area contributed by atoms with Gasteiger partial charge in [0.05, 0.1) is 13.2 Å². The van der Waals surface area contributed by atoms with Crippen LogP contribution in [0.1, 0.15) is 27.2 Å². The van der Waals surface area contributed by atoms with Gasteiger partial charge < -0.3 is 14.5 Å². The molecule has 1 aliphatic rings. The van der Waals surface area contributed by atoms with Crippen LogP contribution in [0.2, 0.25) is 18.1 Å². The highest BCUT2D eigenvalue weighted by Gasteiger charge is 2.41. The average molecular weight is 259 g/mol. The topological polar surface area (TPSA) is 47.6 Å². The fourth-order valence-electron chi connectivity index (χ4n) is 1.71. The Labute approximate surface area is 105 Å². The first-order valence-electron chi connectivity index (χ1n) is 6.16. The number of carbonyl (C=O) groups excluding carboxylic acids is 1. The molecule has 0 aromatic carbocycles. The van der Waals surface area contributed by atoms with Gasteiger partial charge in [0.25, 0.3) is 0 Å². The van der Waals surface area contributed by atoms with E-state index >= 15 is 0 Å². The Morgan fingerprint density at radius 2 is 1.94 bits per heavy atom. The van der Waals surface area contributed by atoms with E-state index in [1.54, 1.807) is 0 Å². The number of rotatable bonds is 3. The molecule has 0 aromatic rings. The van der Waals surface area contributed by atoms with Gasteiger partial charge in [-0.3, -0.25) is 4.79 Å². The van der Waals surface area contributed by atoms with Crippen molar-refractivity contribution in [2.24, 2.45) is 0 Å². The van der Waals surface area contributed by atoms with Crippen LogP contribution in [0.5, 0.6) is 0 Å². The van der Waals surface area contributed by atoms with E-state index in [0.717, 1.165) is 13.0 Å². The molecule has 0 saturated carbocycles. The maximum Gasteiger partial charge on any atom is 0.322 e. The molecule has 0 aliphatic carbocycles. The molecule has 17 heavy (non-hydrogen) atoms. The smallest absolute Gasteiger partial charge is 0.322 e. The van der Waals surface area contributed by atoms with Gasteiger partial charge in [-0.1, -0.05) is 20.8 Å². The van der Waals surface area contributed by atoms with Gasteiger partial charge in [0.2, 0.25) is 0 Å². The van der Waals surface area contributed by atoms with E-state index in [2.05, 4.69) is 39.2 Å². The highest BCUT2D eigenvalue weighted by molar-refractivity contribution is 6.74. The minimum Gasteiger partial charge on any atom is -0.468 e. The van der Waals surface area contributed by atoms with Crippen LogP contribution in [0, 0.1) is 0 Å². The van der Waals surface area contributed by atoms with Crippen molar-refractivity contribution in [3.8, 4) is 0 Å². The zero-order valence-corrected chi connectivity index (χ0v) is 12.8. The van der Waals surface area contributed by atoms with Crippen molar-refractivity contribution in [1.82, 2.24) is 5.32 Å². The molecule has 1 N–H and O–H groups in total. The van der Waals surface area contributed by atoms with Crippen LogP contribution in [0.15, 0.2) is 0 Å². The summed E-state index contributed by atoms with van der Waals surface area (Å²) in [7, 11) is -0.314. The highest BCUT2D eigenvalue weighted by Crippen LogP contribution is 2.38. The summed E-state index contributed by atoms with van der Waals surface area (Å²) in [6.45, 7) is 11.9. The molecule has 1 heterocycles. The molecular formula is C12H25NO3Si. The van der Waals surface area contributed by atoms with Crippen LogP contribution in [0.4, 0.5) is 0 Å². The molecule has 0 bridgehead atoms. The number of carbonyl (C=O) groups is 1. The second-order valence-electron chi connectivity index (χ2n) is 6.22. The predicted octanol–water partition coefficient (Wildman–Crippen LogP) is 1.91. The number of esters is 1. The van der Waals surface area contributed by atoms with Crippen LogP contribution < -0.4 is 5.32 Å². The van der Waals surface area contributed by atoms with Crippen LogP contribution in [0.25, 0.3) is 0 Å². The number of hydrogen-bond donors (Lipinski definition) is 1. The van der Waals surface area contributed by atoms with Gasteiger partial charge in [0, 0.05) is 6.54 Å². The van der Waals surface area contributed by atoms with Crippen molar-refractivity contribution in [1.29, 1.82) is 0 Å². The van der Waals surface area contributed by atoms with Gasteiger partial charge >= 0.3 is 5.97 Å². The Hall–Kier alpha value is -0.393. The molecule has 1 aliphatic heterocycles.